The van der Waals surface area contributed by atoms with Gasteiger partial charge in [-0.3, -0.25) is 0 Å². The number of aliphatic carboxylic acids is 1. The fourth-order valence-corrected chi connectivity index (χ4v) is 0. The summed E-state index contributed by atoms with van der Waals surface area (Å²) in [6.07, 6.45) is 4.11. The maximum atomic E-state index is 9.25. The van der Waals surface area contributed by atoms with Crippen molar-refractivity contribution in [3.8, 4) is 0 Å². The molecular weight excluding hydrogens is 139 g/mol. The Kier molecular flexibility index (Phi) is 26.0. The average Bonchev–Trinajstić information content (AvgIpc) is 1.89. The van der Waals surface area contributed by atoms with Crippen LogP contribution in [0, 0.1) is 0 Å². The molecule has 0 aliphatic heterocycles. The van der Waals surface area contributed by atoms with E-state index in [0.717, 1.165) is 6.08 Å². The Labute approximate surface area is 83.2 Å². The number of carboxylic acids is 1. The SMILES string of the molecule is C=CC(=O)O.C=CC=C.[NaH]. The van der Waals surface area contributed by atoms with Crippen LogP contribution >= 0.6 is 0 Å². The second kappa shape index (κ2) is 15.9. The predicted molar refractivity (Wildman–Crippen MR) is 45.4 cm³/mol. The van der Waals surface area contributed by atoms with Crippen molar-refractivity contribution >= 4 is 35.5 Å². The Balaban J connectivity index is -0.0000000910. The van der Waals surface area contributed by atoms with E-state index in [0.29, 0.717) is 0 Å². The molecule has 0 saturated carbocycles. The van der Waals surface area contributed by atoms with Crippen LogP contribution in [0.5, 0.6) is 0 Å². The molecule has 0 aliphatic rings. The average molecular weight is 150 g/mol. The summed E-state index contributed by atoms with van der Waals surface area (Å²) in [7, 11) is 0. The number of carboxylic acid groups (broad SMARTS) is 1. The third-order valence-electron chi connectivity index (χ3n) is 0.341. The molecule has 0 atom stereocenters. The molecule has 0 amide bonds. The summed E-state index contributed by atoms with van der Waals surface area (Å²) in [5.41, 5.74) is 0. The van der Waals surface area contributed by atoms with Crippen LogP contribution in [0.2, 0.25) is 0 Å². The fourth-order valence-electron chi connectivity index (χ4n) is 0. The summed E-state index contributed by atoms with van der Waals surface area (Å²) < 4.78 is 0. The van der Waals surface area contributed by atoms with Crippen LogP contribution in [0.15, 0.2) is 38.0 Å². The molecule has 10 heavy (non-hydrogen) atoms. The Hall–Kier alpha value is -0.310. The number of hydrogen-bond donors (Lipinski definition) is 1. The molecule has 0 heterocycles. The summed E-state index contributed by atoms with van der Waals surface area (Å²) in [6.45, 7) is 9.68. The van der Waals surface area contributed by atoms with E-state index in [9.17, 15) is 4.79 Å². The Bertz CT molecular complexity index is 113. The summed E-state index contributed by atoms with van der Waals surface area (Å²) in [6, 6.07) is 0. The number of hydrogen-bond acceptors (Lipinski definition) is 1. The molecule has 0 fully saturated rings. The van der Waals surface area contributed by atoms with Crippen molar-refractivity contribution < 1.29 is 9.90 Å². The molecular formula is C7H11NaO2. The maximum absolute atomic E-state index is 9.25. The molecule has 0 bridgehead atoms. The number of carbonyl (C=O) groups is 1. The quantitative estimate of drug-likeness (QED) is 0.361. The molecule has 0 aromatic rings. The summed E-state index contributed by atoms with van der Waals surface area (Å²) in [5.74, 6) is -0.981. The van der Waals surface area contributed by atoms with Gasteiger partial charge in [0.05, 0.1) is 0 Å². The second-order valence-electron chi connectivity index (χ2n) is 1.01. The predicted octanol–water partition coefficient (Wildman–Crippen LogP) is 0.967. The monoisotopic (exact) mass is 150 g/mol. The standard InChI is InChI=1S/C4H6.C3H4O2.Na.H/c1-3-4-2;1-2-3(4)5;;/h3-4H,1-2H2;2H,1H2,(H,4,5);;. The van der Waals surface area contributed by atoms with Gasteiger partial charge in [-0.25, -0.2) is 4.79 Å². The number of allylic oxidation sites excluding steroid dienone is 2. The van der Waals surface area contributed by atoms with E-state index in [1.165, 1.54) is 0 Å². The minimum atomic E-state index is -0.981. The molecule has 0 unspecified atom stereocenters. The molecule has 0 aromatic carbocycles. The third kappa shape index (κ3) is 47.6. The van der Waals surface area contributed by atoms with E-state index >= 15 is 0 Å². The van der Waals surface area contributed by atoms with Gasteiger partial charge in [0.15, 0.2) is 0 Å². The zero-order valence-corrected chi connectivity index (χ0v) is 5.21. The van der Waals surface area contributed by atoms with Crippen LogP contribution in [-0.2, 0) is 4.79 Å². The Morgan fingerprint density at radius 3 is 1.40 bits per heavy atom. The van der Waals surface area contributed by atoms with E-state index in [2.05, 4.69) is 19.7 Å². The third-order valence-corrected chi connectivity index (χ3v) is 0.341. The fraction of sp³-hybridized carbons (Fsp3) is 0. The molecule has 0 aromatic heterocycles. The first kappa shape index (κ1) is 16.3. The van der Waals surface area contributed by atoms with Gasteiger partial charge in [-0.05, 0) is 0 Å². The summed E-state index contributed by atoms with van der Waals surface area (Å²) >= 11 is 0. The molecule has 0 spiro atoms. The first-order chi connectivity index (χ1) is 4.18. The summed E-state index contributed by atoms with van der Waals surface area (Å²) in [5, 5.41) is 7.60. The topological polar surface area (TPSA) is 37.3 Å². The molecule has 2 nitrogen and oxygen atoms in total. The van der Waals surface area contributed by atoms with Crippen molar-refractivity contribution in [1.29, 1.82) is 0 Å². The van der Waals surface area contributed by atoms with Crippen molar-refractivity contribution in [2.24, 2.45) is 0 Å². The van der Waals surface area contributed by atoms with Crippen LogP contribution in [0.3, 0.4) is 0 Å². The molecule has 0 rings (SSSR count). The van der Waals surface area contributed by atoms with E-state index in [1.54, 1.807) is 12.2 Å². The molecule has 52 valence electrons. The normalized spacial score (nSPS) is 5.20. The Morgan fingerprint density at radius 2 is 1.40 bits per heavy atom. The van der Waals surface area contributed by atoms with E-state index in [-0.39, 0.29) is 29.6 Å². The molecule has 3 heteroatoms. The van der Waals surface area contributed by atoms with Gasteiger partial charge in [-0.15, -0.1) is 0 Å². The second-order valence-corrected chi connectivity index (χ2v) is 1.01. The minimum absolute atomic E-state index is 0. The molecule has 0 aliphatic carbocycles. The van der Waals surface area contributed by atoms with Gasteiger partial charge in [0.1, 0.15) is 0 Å². The van der Waals surface area contributed by atoms with E-state index < -0.39 is 5.97 Å². The van der Waals surface area contributed by atoms with Crippen LogP contribution in [0.1, 0.15) is 0 Å². The van der Waals surface area contributed by atoms with Crippen LogP contribution in [0.25, 0.3) is 0 Å². The van der Waals surface area contributed by atoms with Gasteiger partial charge in [-0.1, -0.05) is 31.9 Å². The van der Waals surface area contributed by atoms with Gasteiger partial charge in [0, 0.05) is 6.08 Å². The van der Waals surface area contributed by atoms with Crippen LogP contribution in [-0.4, -0.2) is 40.6 Å². The van der Waals surface area contributed by atoms with Crippen molar-refractivity contribution in [1.82, 2.24) is 0 Å². The number of rotatable bonds is 2. The molecule has 0 saturated heterocycles. The summed E-state index contributed by atoms with van der Waals surface area (Å²) in [4.78, 5) is 9.25. The van der Waals surface area contributed by atoms with Crippen molar-refractivity contribution in [2.75, 3.05) is 0 Å². The van der Waals surface area contributed by atoms with Gasteiger partial charge in [0.2, 0.25) is 0 Å². The zero-order valence-electron chi connectivity index (χ0n) is 5.21. The first-order valence-corrected chi connectivity index (χ1v) is 2.27. The van der Waals surface area contributed by atoms with Gasteiger partial charge < -0.3 is 5.11 Å². The van der Waals surface area contributed by atoms with Crippen molar-refractivity contribution in [3.63, 3.8) is 0 Å². The molecule has 1 N–H and O–H groups in total. The van der Waals surface area contributed by atoms with E-state index in [1.807, 2.05) is 0 Å². The Morgan fingerprint density at radius 1 is 1.20 bits per heavy atom. The van der Waals surface area contributed by atoms with Gasteiger partial charge >= 0.3 is 35.5 Å². The van der Waals surface area contributed by atoms with Crippen molar-refractivity contribution in [2.45, 2.75) is 0 Å². The zero-order chi connectivity index (χ0) is 7.70. The first-order valence-electron chi connectivity index (χ1n) is 2.27. The molecule has 0 radical (unpaired) electrons. The van der Waals surface area contributed by atoms with E-state index in [4.69, 9.17) is 5.11 Å². The van der Waals surface area contributed by atoms with Crippen molar-refractivity contribution in [3.05, 3.63) is 38.0 Å². The van der Waals surface area contributed by atoms with Gasteiger partial charge in [-0.2, -0.15) is 0 Å². The van der Waals surface area contributed by atoms with Crippen LogP contribution in [0.4, 0.5) is 0 Å². The van der Waals surface area contributed by atoms with Gasteiger partial charge in [0.25, 0.3) is 0 Å². The van der Waals surface area contributed by atoms with Crippen LogP contribution < -0.4 is 0 Å².